The zero-order chi connectivity index (χ0) is 12.3. The molecule has 0 saturated carbocycles. The zero-order valence-corrected chi connectivity index (χ0v) is 10.0. The molecule has 1 heterocycles. The van der Waals surface area contributed by atoms with Crippen molar-refractivity contribution < 1.29 is 4.39 Å². The molecule has 1 aromatic carbocycles. The zero-order valence-electron chi connectivity index (χ0n) is 9.22. The summed E-state index contributed by atoms with van der Waals surface area (Å²) >= 11 is 5.05. The van der Waals surface area contributed by atoms with Crippen molar-refractivity contribution in [3.63, 3.8) is 0 Å². The quantitative estimate of drug-likeness (QED) is 0.672. The van der Waals surface area contributed by atoms with Crippen molar-refractivity contribution in [1.29, 1.82) is 0 Å². The van der Waals surface area contributed by atoms with E-state index < -0.39 is 0 Å². The molecule has 0 radical (unpaired) electrons. The highest BCUT2D eigenvalue weighted by Crippen LogP contribution is 2.02. The average Bonchev–Trinajstić information content (AvgIpc) is 2.69. The molecule has 0 fully saturated rings. The van der Waals surface area contributed by atoms with Gasteiger partial charge in [-0.2, -0.15) is 14.9 Å². The summed E-state index contributed by atoms with van der Waals surface area (Å²) in [5.74, 6) is 0.490. The lowest BCUT2D eigenvalue weighted by atomic mass is 10.2. The molecule has 0 spiro atoms. The van der Waals surface area contributed by atoms with Crippen LogP contribution < -0.4 is 0 Å². The number of rotatable bonds is 3. The highest BCUT2D eigenvalue weighted by atomic mass is 32.1. The number of halogens is 1. The number of hydrogen-bond acceptors (Lipinski definition) is 3. The largest absolute Gasteiger partial charge is 0.250 e. The number of nitrogens with one attached hydrogen (secondary N) is 1. The molecule has 4 nitrogen and oxygen atoms in total. The molecule has 17 heavy (non-hydrogen) atoms. The van der Waals surface area contributed by atoms with Crippen LogP contribution in [0.2, 0.25) is 0 Å². The number of aromatic nitrogens is 3. The van der Waals surface area contributed by atoms with Crippen LogP contribution in [-0.4, -0.2) is 21.1 Å². The lowest BCUT2D eigenvalue weighted by Crippen LogP contribution is -1.97. The monoisotopic (exact) mass is 250 g/mol. The van der Waals surface area contributed by atoms with Crippen LogP contribution in [0.25, 0.3) is 0 Å². The first-order valence-corrected chi connectivity index (χ1v) is 5.57. The molecule has 0 aliphatic carbocycles. The van der Waals surface area contributed by atoms with Gasteiger partial charge in [-0.05, 0) is 29.9 Å². The number of aryl methyl sites for hydroxylation is 1. The van der Waals surface area contributed by atoms with Crippen LogP contribution in [0, 0.1) is 10.6 Å². The van der Waals surface area contributed by atoms with Crippen LogP contribution in [0.3, 0.4) is 0 Å². The fraction of sp³-hybridized carbons (Fsp3) is 0.182. The first-order valence-electron chi connectivity index (χ1n) is 5.17. The number of benzene rings is 1. The van der Waals surface area contributed by atoms with Gasteiger partial charge < -0.3 is 0 Å². The lowest BCUT2D eigenvalue weighted by Gasteiger charge is -1.96. The Balaban J connectivity index is 2.28. The highest BCUT2D eigenvalue weighted by molar-refractivity contribution is 7.71. The Morgan fingerprint density at radius 1 is 1.47 bits per heavy atom. The van der Waals surface area contributed by atoms with Gasteiger partial charge in [-0.15, -0.1) is 0 Å². The summed E-state index contributed by atoms with van der Waals surface area (Å²) in [5.41, 5.74) is 0.802. The second-order valence-corrected chi connectivity index (χ2v) is 3.79. The van der Waals surface area contributed by atoms with E-state index in [9.17, 15) is 4.39 Å². The van der Waals surface area contributed by atoms with Crippen LogP contribution in [0.1, 0.15) is 18.3 Å². The van der Waals surface area contributed by atoms with Gasteiger partial charge in [0.2, 0.25) is 4.77 Å². The second-order valence-electron chi connectivity index (χ2n) is 3.41. The number of hydrogen-bond donors (Lipinski definition) is 1. The summed E-state index contributed by atoms with van der Waals surface area (Å²) in [6.45, 7) is 1.97. The van der Waals surface area contributed by atoms with Crippen molar-refractivity contribution in [3.05, 3.63) is 46.2 Å². The fourth-order valence-corrected chi connectivity index (χ4v) is 1.54. The van der Waals surface area contributed by atoms with Crippen LogP contribution in [0.4, 0.5) is 4.39 Å². The van der Waals surface area contributed by atoms with Crippen molar-refractivity contribution in [3.8, 4) is 0 Å². The standard InChI is InChI=1S/C11H11FN4S/c1-2-10-14-15-11(17)16(10)13-7-8-3-5-9(12)6-4-8/h3-7H,2H2,1H3,(H,15,17)/b13-7-. The molecule has 6 heteroatoms. The Morgan fingerprint density at radius 3 is 2.82 bits per heavy atom. The Morgan fingerprint density at radius 2 is 2.18 bits per heavy atom. The van der Waals surface area contributed by atoms with Crippen molar-refractivity contribution in [2.24, 2.45) is 5.10 Å². The molecule has 0 saturated heterocycles. The van der Waals surface area contributed by atoms with Gasteiger partial charge in [0.05, 0.1) is 6.21 Å². The van der Waals surface area contributed by atoms with Gasteiger partial charge in [-0.3, -0.25) is 5.10 Å². The van der Waals surface area contributed by atoms with Gasteiger partial charge >= 0.3 is 0 Å². The maximum absolute atomic E-state index is 12.7. The van der Waals surface area contributed by atoms with E-state index >= 15 is 0 Å². The number of aromatic amines is 1. The third-order valence-corrected chi connectivity index (χ3v) is 2.49. The SMILES string of the molecule is CCc1n[nH]c(=S)n1/N=C\c1ccc(F)cc1. The average molecular weight is 250 g/mol. The summed E-state index contributed by atoms with van der Waals surface area (Å²) in [4.78, 5) is 0. The number of nitrogens with zero attached hydrogens (tertiary/aromatic N) is 3. The van der Waals surface area contributed by atoms with E-state index in [1.165, 1.54) is 12.1 Å². The number of H-pyrrole nitrogens is 1. The van der Waals surface area contributed by atoms with E-state index in [4.69, 9.17) is 12.2 Å². The van der Waals surface area contributed by atoms with Gasteiger partial charge in [0.25, 0.3) is 0 Å². The molecule has 0 bridgehead atoms. The predicted molar refractivity (Wildman–Crippen MR) is 66.2 cm³/mol. The first kappa shape index (κ1) is 11.7. The fourth-order valence-electron chi connectivity index (χ4n) is 1.35. The van der Waals surface area contributed by atoms with E-state index in [2.05, 4.69) is 15.3 Å². The maximum atomic E-state index is 12.7. The van der Waals surface area contributed by atoms with Gasteiger partial charge in [0, 0.05) is 6.42 Å². The van der Waals surface area contributed by atoms with Gasteiger partial charge in [-0.1, -0.05) is 19.1 Å². The van der Waals surface area contributed by atoms with Crippen molar-refractivity contribution >= 4 is 18.4 Å². The summed E-state index contributed by atoms with van der Waals surface area (Å²) in [7, 11) is 0. The van der Waals surface area contributed by atoms with Crippen LogP contribution >= 0.6 is 12.2 Å². The molecular formula is C11H11FN4S. The van der Waals surface area contributed by atoms with E-state index in [1.807, 2.05) is 6.92 Å². The van der Waals surface area contributed by atoms with Gasteiger partial charge in [-0.25, -0.2) is 4.39 Å². The maximum Gasteiger partial charge on any atom is 0.216 e. The molecular weight excluding hydrogens is 239 g/mol. The third-order valence-electron chi connectivity index (χ3n) is 2.23. The van der Waals surface area contributed by atoms with Crippen LogP contribution in [0.15, 0.2) is 29.4 Å². The second kappa shape index (κ2) is 5.01. The van der Waals surface area contributed by atoms with Crippen molar-refractivity contribution in [2.45, 2.75) is 13.3 Å². The Hall–Kier alpha value is -1.82. The van der Waals surface area contributed by atoms with E-state index in [1.54, 1.807) is 23.0 Å². The molecule has 0 aliphatic heterocycles. The third kappa shape index (κ3) is 2.65. The normalized spacial score (nSPS) is 11.2. The highest BCUT2D eigenvalue weighted by Gasteiger charge is 2.00. The first-order chi connectivity index (χ1) is 8.20. The lowest BCUT2D eigenvalue weighted by molar-refractivity contribution is 0.628. The molecule has 2 aromatic rings. The smallest absolute Gasteiger partial charge is 0.216 e. The van der Waals surface area contributed by atoms with E-state index in [0.717, 1.165) is 17.8 Å². The molecule has 0 aliphatic rings. The van der Waals surface area contributed by atoms with E-state index in [0.29, 0.717) is 4.77 Å². The van der Waals surface area contributed by atoms with E-state index in [-0.39, 0.29) is 5.82 Å². The Bertz CT molecular complexity index is 582. The Labute approximate surface area is 103 Å². The van der Waals surface area contributed by atoms with Gasteiger partial charge in [0.1, 0.15) is 5.82 Å². The minimum Gasteiger partial charge on any atom is -0.250 e. The van der Waals surface area contributed by atoms with Crippen LogP contribution in [0.5, 0.6) is 0 Å². The summed E-state index contributed by atoms with van der Waals surface area (Å²) in [5, 5.41) is 10.9. The molecule has 0 amide bonds. The minimum atomic E-state index is -0.267. The summed E-state index contributed by atoms with van der Waals surface area (Å²) in [6, 6.07) is 6.07. The van der Waals surface area contributed by atoms with Crippen molar-refractivity contribution in [2.75, 3.05) is 0 Å². The molecule has 1 aromatic heterocycles. The predicted octanol–water partition coefficient (Wildman–Crippen LogP) is 2.52. The van der Waals surface area contributed by atoms with Gasteiger partial charge in [0.15, 0.2) is 5.82 Å². The topological polar surface area (TPSA) is 46.0 Å². The summed E-state index contributed by atoms with van der Waals surface area (Å²) < 4.78 is 14.7. The van der Waals surface area contributed by atoms with Crippen LogP contribution in [-0.2, 0) is 6.42 Å². The minimum absolute atomic E-state index is 0.267. The molecule has 1 N–H and O–H groups in total. The molecule has 0 atom stereocenters. The molecule has 88 valence electrons. The summed E-state index contributed by atoms with van der Waals surface area (Å²) in [6.07, 6.45) is 2.35. The molecule has 0 unspecified atom stereocenters. The molecule has 2 rings (SSSR count). The Kier molecular flexibility index (Phi) is 3.43. The van der Waals surface area contributed by atoms with Crippen molar-refractivity contribution in [1.82, 2.24) is 14.9 Å².